The van der Waals surface area contributed by atoms with Crippen molar-refractivity contribution in [1.82, 2.24) is 24.6 Å². The van der Waals surface area contributed by atoms with Gasteiger partial charge in [-0.3, -0.25) is 24.3 Å². The van der Waals surface area contributed by atoms with E-state index in [1.54, 1.807) is 21.6 Å². The summed E-state index contributed by atoms with van der Waals surface area (Å²) in [7, 11) is 0. The van der Waals surface area contributed by atoms with E-state index in [-0.39, 0.29) is 34.1 Å². The van der Waals surface area contributed by atoms with Crippen LogP contribution < -0.4 is 0 Å². The molecule has 4 aromatic rings. The SMILES string of the molecule is Cc1ccc(-c2nnc(SCCCCC(=O)N3CCN(C(=O)c4ccc(Cl)c([N+](=O)[O-])c4)C(C)C3)n2-c2ccccc2)cc1. The van der Waals surface area contributed by atoms with Crippen LogP contribution in [0.15, 0.2) is 78.0 Å². The fraction of sp³-hybridized carbons (Fsp3) is 0.312. The Morgan fingerprint density at radius 3 is 2.48 bits per heavy atom. The number of hydrogen-bond donors (Lipinski definition) is 0. The van der Waals surface area contributed by atoms with Crippen LogP contribution in [0.5, 0.6) is 0 Å². The molecule has 1 unspecified atom stereocenters. The van der Waals surface area contributed by atoms with Gasteiger partial charge in [0.1, 0.15) is 5.02 Å². The Kier molecular flexibility index (Phi) is 9.96. The summed E-state index contributed by atoms with van der Waals surface area (Å²) in [6.45, 7) is 5.13. The van der Waals surface area contributed by atoms with Gasteiger partial charge in [-0.15, -0.1) is 10.2 Å². The summed E-state index contributed by atoms with van der Waals surface area (Å²) in [5.74, 6) is 1.33. The molecule has 0 N–H and O–H groups in total. The fourth-order valence-corrected chi connectivity index (χ4v) is 6.34. The van der Waals surface area contributed by atoms with Crippen molar-refractivity contribution >= 4 is 40.9 Å². The van der Waals surface area contributed by atoms with Gasteiger partial charge < -0.3 is 9.80 Å². The van der Waals surface area contributed by atoms with Crippen LogP contribution in [0, 0.1) is 17.0 Å². The molecule has 228 valence electrons. The van der Waals surface area contributed by atoms with Gasteiger partial charge in [-0.25, -0.2) is 0 Å². The van der Waals surface area contributed by atoms with Crippen molar-refractivity contribution in [3.05, 3.63) is 99.1 Å². The highest BCUT2D eigenvalue weighted by atomic mass is 35.5. The van der Waals surface area contributed by atoms with Crippen molar-refractivity contribution in [3.8, 4) is 17.1 Å². The van der Waals surface area contributed by atoms with Gasteiger partial charge in [-0.1, -0.05) is 71.4 Å². The van der Waals surface area contributed by atoms with Crippen LogP contribution in [0.2, 0.25) is 5.02 Å². The number of nitrogens with zero attached hydrogens (tertiary/aromatic N) is 6. The molecule has 0 spiro atoms. The molecule has 12 heteroatoms. The van der Waals surface area contributed by atoms with Crippen molar-refractivity contribution in [1.29, 1.82) is 0 Å². The number of aromatic nitrogens is 3. The van der Waals surface area contributed by atoms with Crippen molar-refractivity contribution in [2.45, 2.75) is 44.3 Å². The first-order valence-electron chi connectivity index (χ1n) is 14.5. The first-order chi connectivity index (χ1) is 21.2. The number of nitro groups is 1. The third kappa shape index (κ3) is 7.11. The normalized spacial score (nSPS) is 14.9. The highest BCUT2D eigenvalue weighted by Gasteiger charge is 2.31. The molecule has 2 heterocycles. The van der Waals surface area contributed by atoms with Crippen LogP contribution >= 0.6 is 23.4 Å². The zero-order valence-electron chi connectivity index (χ0n) is 24.6. The monoisotopic (exact) mass is 632 g/mol. The van der Waals surface area contributed by atoms with Gasteiger partial charge in [0.2, 0.25) is 5.91 Å². The van der Waals surface area contributed by atoms with E-state index >= 15 is 0 Å². The molecule has 5 rings (SSSR count). The average Bonchev–Trinajstić information content (AvgIpc) is 3.45. The molecular weight excluding hydrogens is 600 g/mol. The summed E-state index contributed by atoms with van der Waals surface area (Å²) < 4.78 is 2.07. The molecule has 44 heavy (non-hydrogen) atoms. The minimum Gasteiger partial charge on any atom is -0.339 e. The minimum atomic E-state index is -0.603. The quantitative estimate of drug-likeness (QED) is 0.0855. The Balaban J connectivity index is 1.13. The van der Waals surface area contributed by atoms with Crippen LogP contribution in [0.3, 0.4) is 0 Å². The van der Waals surface area contributed by atoms with Gasteiger partial charge in [0.15, 0.2) is 11.0 Å². The van der Waals surface area contributed by atoms with Crippen LogP contribution in [0.25, 0.3) is 17.1 Å². The van der Waals surface area contributed by atoms with Crippen molar-refractivity contribution in [2.24, 2.45) is 0 Å². The zero-order chi connectivity index (χ0) is 31.2. The maximum absolute atomic E-state index is 13.1. The second kappa shape index (κ2) is 14.0. The first-order valence-corrected chi connectivity index (χ1v) is 15.8. The van der Waals surface area contributed by atoms with E-state index in [0.29, 0.717) is 26.1 Å². The summed E-state index contributed by atoms with van der Waals surface area (Å²) >= 11 is 7.52. The molecule has 1 fully saturated rings. The lowest BCUT2D eigenvalue weighted by Gasteiger charge is -2.40. The first kappa shape index (κ1) is 31.2. The predicted molar refractivity (Wildman–Crippen MR) is 171 cm³/mol. The summed E-state index contributed by atoms with van der Waals surface area (Å²) in [6.07, 6.45) is 1.99. The van der Waals surface area contributed by atoms with E-state index in [9.17, 15) is 19.7 Å². The topological polar surface area (TPSA) is 114 Å². The molecular formula is C32H33ClN6O4S. The Labute approximate surface area is 265 Å². The molecule has 1 aliphatic rings. The molecule has 0 radical (unpaired) electrons. The van der Waals surface area contributed by atoms with Gasteiger partial charge >= 0.3 is 0 Å². The number of nitro benzene ring substituents is 1. The van der Waals surface area contributed by atoms with E-state index < -0.39 is 4.92 Å². The molecule has 2 amide bonds. The van der Waals surface area contributed by atoms with Crippen LogP contribution in [0.4, 0.5) is 5.69 Å². The Bertz CT molecular complexity index is 1650. The fourth-order valence-electron chi connectivity index (χ4n) is 5.20. The molecule has 10 nitrogen and oxygen atoms in total. The summed E-state index contributed by atoms with van der Waals surface area (Å²) in [5, 5.41) is 21.0. The molecule has 0 aliphatic carbocycles. The van der Waals surface area contributed by atoms with Crippen molar-refractivity contribution in [2.75, 3.05) is 25.4 Å². The second-order valence-corrected chi connectivity index (χ2v) is 12.2. The molecule has 1 saturated heterocycles. The summed E-state index contributed by atoms with van der Waals surface area (Å²) in [5.41, 5.74) is 3.07. The molecule has 0 saturated carbocycles. The minimum absolute atomic E-state index is 0.0153. The van der Waals surface area contributed by atoms with Crippen molar-refractivity contribution in [3.63, 3.8) is 0 Å². The Hall–Kier alpha value is -4.22. The largest absolute Gasteiger partial charge is 0.339 e. The maximum Gasteiger partial charge on any atom is 0.288 e. The maximum atomic E-state index is 13.1. The average molecular weight is 633 g/mol. The van der Waals surface area contributed by atoms with Crippen molar-refractivity contribution < 1.29 is 14.5 Å². The highest BCUT2D eigenvalue weighted by Crippen LogP contribution is 2.29. The van der Waals surface area contributed by atoms with E-state index in [0.717, 1.165) is 40.8 Å². The number of benzene rings is 3. The predicted octanol–water partition coefficient (Wildman–Crippen LogP) is 6.44. The lowest BCUT2D eigenvalue weighted by Crippen LogP contribution is -2.55. The molecule has 1 atom stereocenters. The molecule has 1 aliphatic heterocycles. The number of hydrogen-bond acceptors (Lipinski definition) is 7. The van der Waals surface area contributed by atoms with Crippen LogP contribution in [-0.2, 0) is 4.79 Å². The summed E-state index contributed by atoms with van der Waals surface area (Å²) in [6, 6.07) is 22.1. The van der Waals surface area contributed by atoms with Crippen LogP contribution in [-0.4, -0.2) is 72.7 Å². The number of rotatable bonds is 10. The van der Waals surface area contributed by atoms with E-state index in [1.807, 2.05) is 37.3 Å². The number of carbonyl (C=O) groups is 2. The smallest absolute Gasteiger partial charge is 0.288 e. The van der Waals surface area contributed by atoms with Gasteiger partial charge in [0, 0.05) is 60.7 Å². The highest BCUT2D eigenvalue weighted by molar-refractivity contribution is 7.99. The molecule has 3 aromatic carbocycles. The second-order valence-electron chi connectivity index (χ2n) is 10.8. The van der Waals surface area contributed by atoms with Gasteiger partial charge in [-0.05, 0) is 51.0 Å². The number of carbonyl (C=O) groups excluding carboxylic acids is 2. The number of para-hydroxylation sites is 1. The lowest BCUT2D eigenvalue weighted by molar-refractivity contribution is -0.384. The number of aryl methyl sites for hydroxylation is 1. The number of unbranched alkanes of at least 4 members (excludes halogenated alkanes) is 1. The van der Waals surface area contributed by atoms with E-state index in [2.05, 4.69) is 46.0 Å². The van der Waals surface area contributed by atoms with Gasteiger partial charge in [0.25, 0.3) is 11.6 Å². The Morgan fingerprint density at radius 1 is 1.02 bits per heavy atom. The van der Waals surface area contributed by atoms with E-state index in [4.69, 9.17) is 11.6 Å². The number of thioether (sulfide) groups is 1. The lowest BCUT2D eigenvalue weighted by atomic mass is 10.1. The molecule has 1 aromatic heterocycles. The van der Waals surface area contributed by atoms with Gasteiger partial charge in [-0.2, -0.15) is 0 Å². The summed E-state index contributed by atoms with van der Waals surface area (Å²) in [4.78, 5) is 40.2. The number of halogens is 1. The number of piperazine rings is 1. The Morgan fingerprint density at radius 2 is 1.77 bits per heavy atom. The standard InChI is InChI=1S/C32H33ClN6O4S/c1-22-11-13-24(14-12-22)30-34-35-32(38(30)26-8-4-3-5-9-26)44-19-7-6-10-29(40)36-17-18-37(23(2)21-36)31(41)25-15-16-27(33)28(20-25)39(42)43/h3-5,8-9,11-16,20,23H,6-7,10,17-19,21H2,1-2H3. The van der Waals surface area contributed by atoms with Crippen LogP contribution in [0.1, 0.15) is 42.1 Å². The van der Waals surface area contributed by atoms with Gasteiger partial charge in [0.05, 0.1) is 4.92 Å². The molecule has 0 bridgehead atoms. The number of amides is 2. The third-order valence-corrected chi connectivity index (χ3v) is 8.94. The van der Waals surface area contributed by atoms with E-state index in [1.165, 1.54) is 23.8 Å². The third-order valence-electron chi connectivity index (χ3n) is 7.60. The zero-order valence-corrected chi connectivity index (χ0v) is 26.1.